The number of amides is 1. The van der Waals surface area contributed by atoms with Crippen LogP contribution < -0.4 is 0 Å². The Kier molecular flexibility index (Phi) is 3.92. The summed E-state index contributed by atoms with van der Waals surface area (Å²) >= 11 is 0. The van der Waals surface area contributed by atoms with Crippen molar-refractivity contribution in [3.8, 4) is 0 Å². The molecule has 6 heteroatoms. The molecule has 2 rings (SSSR count). The first-order chi connectivity index (χ1) is 9.38. The Balaban J connectivity index is 2.09. The number of carbonyl (C=O) groups excluding carboxylic acids is 2. The number of ketones is 1. The number of Topliss-reactive ketones (excluding diaryl/α,β-unsaturated/α-hetero) is 1. The smallest absolute Gasteiger partial charge is 0.303 e. The van der Waals surface area contributed by atoms with Gasteiger partial charge in [-0.1, -0.05) is 0 Å². The molecule has 2 heterocycles. The van der Waals surface area contributed by atoms with Crippen LogP contribution in [0.25, 0.3) is 0 Å². The summed E-state index contributed by atoms with van der Waals surface area (Å²) < 4.78 is 1.64. The molecule has 1 amide bonds. The largest absolute Gasteiger partial charge is 0.481 e. The molecule has 1 unspecified atom stereocenters. The third kappa shape index (κ3) is 2.89. The average molecular weight is 278 g/mol. The zero-order valence-corrected chi connectivity index (χ0v) is 11.6. The molecule has 108 valence electrons. The maximum absolute atomic E-state index is 12.4. The second-order valence-electron chi connectivity index (χ2n) is 5.28. The lowest BCUT2D eigenvalue weighted by atomic mass is 10.1. The van der Waals surface area contributed by atoms with Crippen molar-refractivity contribution in [2.75, 3.05) is 13.1 Å². The van der Waals surface area contributed by atoms with Crippen LogP contribution in [0.5, 0.6) is 0 Å². The van der Waals surface area contributed by atoms with Gasteiger partial charge in [0.1, 0.15) is 5.69 Å². The van der Waals surface area contributed by atoms with Crippen molar-refractivity contribution in [1.82, 2.24) is 9.47 Å². The van der Waals surface area contributed by atoms with Gasteiger partial charge in [-0.05, 0) is 25.3 Å². The third-order valence-corrected chi connectivity index (χ3v) is 3.67. The predicted octanol–water partition coefficient (Wildman–Crippen LogP) is 1.16. The van der Waals surface area contributed by atoms with Crippen molar-refractivity contribution in [3.05, 3.63) is 23.5 Å². The van der Waals surface area contributed by atoms with E-state index in [0.29, 0.717) is 30.8 Å². The summed E-state index contributed by atoms with van der Waals surface area (Å²) in [6, 6.07) is 1.59. The summed E-state index contributed by atoms with van der Waals surface area (Å²) in [5.74, 6) is -1.04. The lowest BCUT2D eigenvalue weighted by Crippen LogP contribution is -2.30. The molecule has 20 heavy (non-hydrogen) atoms. The highest BCUT2D eigenvalue weighted by Gasteiger charge is 2.29. The van der Waals surface area contributed by atoms with Gasteiger partial charge in [-0.2, -0.15) is 0 Å². The van der Waals surface area contributed by atoms with Crippen LogP contribution in [0.2, 0.25) is 0 Å². The van der Waals surface area contributed by atoms with E-state index >= 15 is 0 Å². The average Bonchev–Trinajstić information content (AvgIpc) is 2.94. The zero-order valence-electron chi connectivity index (χ0n) is 11.6. The molecule has 1 atom stereocenters. The maximum Gasteiger partial charge on any atom is 0.303 e. The van der Waals surface area contributed by atoms with Gasteiger partial charge in [0.05, 0.1) is 0 Å². The Morgan fingerprint density at radius 3 is 2.65 bits per heavy atom. The van der Waals surface area contributed by atoms with Crippen LogP contribution in [0.1, 0.15) is 40.6 Å². The molecule has 0 aromatic carbocycles. The number of rotatable bonds is 4. The lowest BCUT2D eigenvalue weighted by molar-refractivity contribution is -0.138. The van der Waals surface area contributed by atoms with Gasteiger partial charge >= 0.3 is 5.97 Å². The summed E-state index contributed by atoms with van der Waals surface area (Å²) in [6.45, 7) is 2.49. The fourth-order valence-electron chi connectivity index (χ4n) is 2.56. The van der Waals surface area contributed by atoms with Crippen molar-refractivity contribution in [1.29, 1.82) is 0 Å². The highest BCUT2D eigenvalue weighted by Crippen LogP contribution is 2.22. The molecule has 1 aromatic heterocycles. The van der Waals surface area contributed by atoms with Crippen LogP contribution in [0.4, 0.5) is 0 Å². The fraction of sp³-hybridized carbons (Fsp3) is 0.500. The molecule has 1 aliphatic heterocycles. The van der Waals surface area contributed by atoms with E-state index in [1.807, 2.05) is 0 Å². The van der Waals surface area contributed by atoms with Gasteiger partial charge in [0.25, 0.3) is 5.91 Å². The molecule has 0 aliphatic carbocycles. The van der Waals surface area contributed by atoms with Crippen LogP contribution in [0.3, 0.4) is 0 Å². The molecular weight excluding hydrogens is 260 g/mol. The van der Waals surface area contributed by atoms with E-state index in [4.69, 9.17) is 5.11 Å². The molecular formula is C14H18N2O4. The number of hydrogen-bond donors (Lipinski definition) is 1. The molecule has 0 radical (unpaired) electrons. The van der Waals surface area contributed by atoms with Crippen LogP contribution in [-0.2, 0) is 11.8 Å². The number of carbonyl (C=O) groups is 3. The third-order valence-electron chi connectivity index (χ3n) is 3.67. The quantitative estimate of drug-likeness (QED) is 0.838. The highest BCUT2D eigenvalue weighted by atomic mass is 16.4. The van der Waals surface area contributed by atoms with Crippen molar-refractivity contribution in [3.63, 3.8) is 0 Å². The molecule has 0 bridgehead atoms. The van der Waals surface area contributed by atoms with Gasteiger partial charge in [0.15, 0.2) is 5.78 Å². The number of aryl methyl sites for hydroxylation is 1. The number of hydrogen-bond acceptors (Lipinski definition) is 3. The molecule has 0 spiro atoms. The molecule has 6 nitrogen and oxygen atoms in total. The normalized spacial score (nSPS) is 18.3. The predicted molar refractivity (Wildman–Crippen MR) is 71.7 cm³/mol. The van der Waals surface area contributed by atoms with Crippen molar-refractivity contribution in [2.24, 2.45) is 13.0 Å². The van der Waals surface area contributed by atoms with Crippen molar-refractivity contribution < 1.29 is 19.5 Å². The number of carboxylic acids is 1. The van der Waals surface area contributed by atoms with Gasteiger partial charge < -0.3 is 14.6 Å². The summed E-state index contributed by atoms with van der Waals surface area (Å²) in [5, 5.41) is 8.78. The van der Waals surface area contributed by atoms with E-state index in [1.54, 1.807) is 28.8 Å². The first kappa shape index (κ1) is 14.3. The molecule has 1 N–H and O–H groups in total. The van der Waals surface area contributed by atoms with Crippen LogP contribution in [0.15, 0.2) is 12.3 Å². The minimum Gasteiger partial charge on any atom is -0.481 e. The SMILES string of the molecule is CC(=O)c1cc(C(=O)N2CCC(CC(=O)O)C2)n(C)c1. The first-order valence-corrected chi connectivity index (χ1v) is 6.57. The second-order valence-corrected chi connectivity index (χ2v) is 5.28. The number of aromatic nitrogens is 1. The number of nitrogens with zero attached hydrogens (tertiary/aromatic N) is 2. The van der Waals surface area contributed by atoms with E-state index in [1.165, 1.54) is 6.92 Å². The Labute approximate surface area is 117 Å². The van der Waals surface area contributed by atoms with E-state index in [-0.39, 0.29) is 24.0 Å². The standard InChI is InChI=1S/C14H18N2O4/c1-9(17)11-6-12(15(2)8-11)14(20)16-4-3-10(7-16)5-13(18)19/h6,8,10H,3-5,7H2,1-2H3,(H,18,19). The zero-order chi connectivity index (χ0) is 14.9. The monoisotopic (exact) mass is 278 g/mol. The van der Waals surface area contributed by atoms with Gasteiger partial charge in [-0.3, -0.25) is 14.4 Å². The van der Waals surface area contributed by atoms with E-state index < -0.39 is 5.97 Å². The molecule has 1 aliphatic rings. The van der Waals surface area contributed by atoms with Crippen LogP contribution in [0, 0.1) is 5.92 Å². The van der Waals surface area contributed by atoms with Crippen molar-refractivity contribution in [2.45, 2.75) is 19.8 Å². The molecule has 1 saturated heterocycles. The van der Waals surface area contributed by atoms with Gasteiger partial charge in [0, 0.05) is 38.3 Å². The first-order valence-electron chi connectivity index (χ1n) is 6.57. The Bertz CT molecular complexity index is 562. The summed E-state index contributed by atoms with van der Waals surface area (Å²) in [6.07, 6.45) is 2.44. The van der Waals surface area contributed by atoms with Crippen molar-refractivity contribution >= 4 is 17.7 Å². The molecule has 1 fully saturated rings. The van der Waals surface area contributed by atoms with Gasteiger partial charge in [0.2, 0.25) is 0 Å². The minimum atomic E-state index is -0.831. The molecule has 1 aromatic rings. The summed E-state index contributed by atoms with van der Waals surface area (Å²) in [7, 11) is 1.73. The van der Waals surface area contributed by atoms with Crippen LogP contribution in [-0.4, -0.2) is 45.3 Å². The Morgan fingerprint density at radius 1 is 1.40 bits per heavy atom. The second kappa shape index (κ2) is 5.48. The van der Waals surface area contributed by atoms with Crippen LogP contribution >= 0.6 is 0 Å². The number of likely N-dealkylation sites (tertiary alicyclic amines) is 1. The van der Waals surface area contributed by atoms with E-state index in [0.717, 1.165) is 0 Å². The fourth-order valence-corrected chi connectivity index (χ4v) is 2.56. The maximum atomic E-state index is 12.4. The van der Waals surface area contributed by atoms with E-state index in [2.05, 4.69) is 0 Å². The number of aliphatic carboxylic acids is 1. The summed E-state index contributed by atoms with van der Waals surface area (Å²) in [4.78, 5) is 36.1. The number of carboxylic acid groups (broad SMARTS) is 1. The minimum absolute atomic E-state index is 0.0176. The Hall–Kier alpha value is -2.11. The topological polar surface area (TPSA) is 79.6 Å². The Morgan fingerprint density at radius 2 is 2.10 bits per heavy atom. The lowest BCUT2D eigenvalue weighted by Gasteiger charge is -2.16. The molecule has 0 saturated carbocycles. The highest BCUT2D eigenvalue weighted by molar-refractivity contribution is 5.99. The van der Waals surface area contributed by atoms with Gasteiger partial charge in [-0.15, -0.1) is 0 Å². The summed E-state index contributed by atoms with van der Waals surface area (Å²) in [5.41, 5.74) is 0.975. The van der Waals surface area contributed by atoms with E-state index in [9.17, 15) is 14.4 Å². The van der Waals surface area contributed by atoms with Gasteiger partial charge in [-0.25, -0.2) is 0 Å².